The first-order valence-electron chi connectivity index (χ1n) is 9.00. The second-order valence-corrected chi connectivity index (χ2v) is 7.01. The van der Waals surface area contributed by atoms with Crippen LogP contribution in [0.3, 0.4) is 0 Å². The van der Waals surface area contributed by atoms with Gasteiger partial charge in [0.2, 0.25) is 0 Å². The maximum atomic E-state index is 12.4. The number of benzene rings is 2. The van der Waals surface area contributed by atoms with Crippen LogP contribution in [0.4, 0.5) is 0 Å². The van der Waals surface area contributed by atoms with E-state index >= 15 is 0 Å². The molecule has 0 unspecified atom stereocenters. The fraction of sp³-hybridized carbons (Fsp3) is 0.238. The molecule has 0 saturated heterocycles. The number of nitrogens with zero attached hydrogens (tertiary/aromatic N) is 1. The maximum absolute atomic E-state index is 12.4. The summed E-state index contributed by atoms with van der Waals surface area (Å²) in [6.45, 7) is 5.51. The Bertz CT molecular complexity index is 1100. The van der Waals surface area contributed by atoms with Crippen LogP contribution in [-0.2, 0) is 22.7 Å². The minimum atomic E-state index is -0.328. The molecule has 5 nitrogen and oxygen atoms in total. The molecule has 2 heterocycles. The summed E-state index contributed by atoms with van der Waals surface area (Å²) in [6.07, 6.45) is 0. The second kappa shape index (κ2) is 7.04. The minimum absolute atomic E-state index is 0.238. The number of carbonyl (C=O) groups excluding carboxylic acids is 1. The van der Waals surface area contributed by atoms with Crippen LogP contribution in [0.1, 0.15) is 19.4 Å². The van der Waals surface area contributed by atoms with Crippen molar-refractivity contribution in [1.29, 1.82) is 0 Å². The number of para-hydroxylation sites is 1. The van der Waals surface area contributed by atoms with E-state index in [4.69, 9.17) is 17.0 Å². The SMILES string of the molecule is CCn1c2ccccc2c2cc(COC(=O)C3=C(C)NC(=S)NC3)ccc21. The van der Waals surface area contributed by atoms with Crippen molar-refractivity contribution in [2.75, 3.05) is 6.54 Å². The van der Waals surface area contributed by atoms with E-state index in [1.807, 2.05) is 13.0 Å². The first-order valence-corrected chi connectivity index (χ1v) is 9.41. The highest BCUT2D eigenvalue weighted by molar-refractivity contribution is 7.80. The average molecular weight is 379 g/mol. The molecule has 0 saturated carbocycles. The summed E-state index contributed by atoms with van der Waals surface area (Å²) < 4.78 is 7.84. The summed E-state index contributed by atoms with van der Waals surface area (Å²) in [6, 6.07) is 14.6. The lowest BCUT2D eigenvalue weighted by molar-refractivity contribution is -0.140. The van der Waals surface area contributed by atoms with Crippen molar-refractivity contribution in [3.05, 3.63) is 59.3 Å². The lowest BCUT2D eigenvalue weighted by Crippen LogP contribution is -2.42. The van der Waals surface area contributed by atoms with Gasteiger partial charge in [0.1, 0.15) is 6.61 Å². The molecule has 0 fully saturated rings. The quantitative estimate of drug-likeness (QED) is 0.536. The summed E-state index contributed by atoms with van der Waals surface area (Å²) in [5.74, 6) is -0.328. The third kappa shape index (κ3) is 3.17. The molecule has 0 aliphatic carbocycles. The first kappa shape index (κ1) is 17.5. The third-order valence-electron chi connectivity index (χ3n) is 4.95. The number of nitrogens with one attached hydrogen (secondary N) is 2. The normalized spacial score (nSPS) is 14.4. The van der Waals surface area contributed by atoms with Gasteiger partial charge in [-0.05, 0) is 49.8 Å². The standard InChI is InChI=1S/C21H21N3O2S/c1-3-24-18-7-5-4-6-15(18)16-10-14(8-9-19(16)24)12-26-20(25)17-11-22-21(27)23-13(17)2/h4-10H,3,11-12H2,1-2H3,(H2,22,23,27). The lowest BCUT2D eigenvalue weighted by Gasteiger charge is -2.20. The molecule has 0 amide bonds. The molecule has 1 aliphatic rings. The highest BCUT2D eigenvalue weighted by Gasteiger charge is 2.20. The molecule has 2 N–H and O–H groups in total. The van der Waals surface area contributed by atoms with Crippen LogP contribution in [0.15, 0.2) is 53.7 Å². The number of fused-ring (bicyclic) bond motifs is 3. The minimum Gasteiger partial charge on any atom is -0.457 e. The molecule has 0 radical (unpaired) electrons. The second-order valence-electron chi connectivity index (χ2n) is 6.60. The Kier molecular flexibility index (Phi) is 4.58. The first-order chi connectivity index (χ1) is 13.1. The number of ether oxygens (including phenoxy) is 1. The molecular formula is C21H21N3O2S. The molecule has 1 aliphatic heterocycles. The summed E-state index contributed by atoms with van der Waals surface area (Å²) in [7, 11) is 0. The van der Waals surface area contributed by atoms with Crippen LogP contribution in [0, 0.1) is 0 Å². The number of esters is 1. The van der Waals surface area contributed by atoms with E-state index < -0.39 is 0 Å². The summed E-state index contributed by atoms with van der Waals surface area (Å²) in [5.41, 5.74) is 4.71. The van der Waals surface area contributed by atoms with Crippen molar-refractivity contribution >= 4 is 45.1 Å². The summed E-state index contributed by atoms with van der Waals surface area (Å²) >= 11 is 5.05. The van der Waals surface area contributed by atoms with E-state index in [1.54, 1.807) is 0 Å². The molecule has 2 aromatic carbocycles. The number of allylic oxidation sites excluding steroid dienone is 1. The number of rotatable bonds is 4. The van der Waals surface area contributed by atoms with Crippen LogP contribution in [0.2, 0.25) is 0 Å². The summed E-state index contributed by atoms with van der Waals surface area (Å²) in [4.78, 5) is 12.4. The molecule has 6 heteroatoms. The predicted octanol–water partition coefficient (Wildman–Crippen LogP) is 3.61. The Morgan fingerprint density at radius 3 is 2.74 bits per heavy atom. The molecule has 27 heavy (non-hydrogen) atoms. The fourth-order valence-corrected chi connectivity index (χ4v) is 3.81. The molecule has 3 aromatic rings. The molecule has 0 spiro atoms. The maximum Gasteiger partial charge on any atom is 0.337 e. The van der Waals surface area contributed by atoms with Gasteiger partial charge in [-0.25, -0.2) is 4.79 Å². The van der Waals surface area contributed by atoms with E-state index in [0.29, 0.717) is 17.2 Å². The molecule has 0 atom stereocenters. The van der Waals surface area contributed by atoms with Gasteiger partial charge in [-0.15, -0.1) is 0 Å². The highest BCUT2D eigenvalue weighted by atomic mass is 32.1. The molecule has 138 valence electrons. The molecule has 4 rings (SSSR count). The van der Waals surface area contributed by atoms with Gasteiger partial charge in [0.05, 0.1) is 12.1 Å². The van der Waals surface area contributed by atoms with Crippen molar-refractivity contribution in [2.45, 2.75) is 27.0 Å². The Balaban J connectivity index is 1.60. The van der Waals surface area contributed by atoms with Gasteiger partial charge < -0.3 is 19.9 Å². The molecular weight excluding hydrogens is 358 g/mol. The fourth-order valence-electron chi connectivity index (χ4n) is 3.58. The topological polar surface area (TPSA) is 55.3 Å². The average Bonchev–Trinajstić information content (AvgIpc) is 2.99. The molecule has 1 aromatic heterocycles. The van der Waals surface area contributed by atoms with Gasteiger partial charge in [-0.1, -0.05) is 24.3 Å². The Hall–Kier alpha value is -2.86. The Morgan fingerprint density at radius 2 is 1.96 bits per heavy atom. The zero-order valence-corrected chi connectivity index (χ0v) is 16.2. The number of aromatic nitrogens is 1. The van der Waals surface area contributed by atoms with E-state index in [2.05, 4.69) is 58.5 Å². The van der Waals surface area contributed by atoms with Crippen molar-refractivity contribution in [3.8, 4) is 0 Å². The monoisotopic (exact) mass is 379 g/mol. The van der Waals surface area contributed by atoms with Gasteiger partial charge in [0.25, 0.3) is 0 Å². The number of aryl methyl sites for hydroxylation is 1. The smallest absolute Gasteiger partial charge is 0.337 e. The van der Waals surface area contributed by atoms with Gasteiger partial charge in [0, 0.05) is 34.0 Å². The largest absolute Gasteiger partial charge is 0.457 e. The van der Waals surface area contributed by atoms with E-state index in [1.165, 1.54) is 21.8 Å². The third-order valence-corrected chi connectivity index (χ3v) is 5.20. The van der Waals surface area contributed by atoms with Crippen LogP contribution in [-0.4, -0.2) is 22.2 Å². The van der Waals surface area contributed by atoms with Gasteiger partial charge in [-0.2, -0.15) is 0 Å². The number of thiocarbonyl (C=S) groups is 1. The van der Waals surface area contributed by atoms with Crippen LogP contribution in [0.5, 0.6) is 0 Å². The van der Waals surface area contributed by atoms with E-state index in [9.17, 15) is 4.79 Å². The van der Waals surface area contributed by atoms with Gasteiger partial charge in [0.15, 0.2) is 5.11 Å². The zero-order valence-electron chi connectivity index (χ0n) is 15.3. The predicted molar refractivity (Wildman–Crippen MR) is 111 cm³/mol. The van der Waals surface area contributed by atoms with Crippen molar-refractivity contribution in [1.82, 2.24) is 15.2 Å². The van der Waals surface area contributed by atoms with Crippen molar-refractivity contribution in [3.63, 3.8) is 0 Å². The Labute approximate surface area is 163 Å². The van der Waals surface area contributed by atoms with Gasteiger partial charge >= 0.3 is 5.97 Å². The summed E-state index contributed by atoms with van der Waals surface area (Å²) in [5, 5.41) is 8.84. The van der Waals surface area contributed by atoms with Crippen molar-refractivity contribution < 1.29 is 9.53 Å². The van der Waals surface area contributed by atoms with Crippen LogP contribution in [0.25, 0.3) is 21.8 Å². The highest BCUT2D eigenvalue weighted by Crippen LogP contribution is 2.29. The number of hydrogen-bond acceptors (Lipinski definition) is 3. The van der Waals surface area contributed by atoms with Crippen molar-refractivity contribution in [2.24, 2.45) is 0 Å². The number of hydrogen-bond donors (Lipinski definition) is 2. The van der Waals surface area contributed by atoms with Crippen LogP contribution >= 0.6 is 12.2 Å². The van der Waals surface area contributed by atoms with Gasteiger partial charge in [-0.3, -0.25) is 0 Å². The molecule has 0 bridgehead atoms. The Morgan fingerprint density at radius 1 is 1.19 bits per heavy atom. The zero-order chi connectivity index (χ0) is 19.0. The number of carbonyl (C=O) groups is 1. The lowest BCUT2D eigenvalue weighted by atomic mass is 10.1. The van der Waals surface area contributed by atoms with Crippen LogP contribution < -0.4 is 10.6 Å². The van der Waals surface area contributed by atoms with E-state index in [0.717, 1.165) is 17.8 Å². The van der Waals surface area contributed by atoms with E-state index in [-0.39, 0.29) is 12.6 Å².